The summed E-state index contributed by atoms with van der Waals surface area (Å²) in [6.45, 7) is 0.174. The summed E-state index contributed by atoms with van der Waals surface area (Å²) < 4.78 is 27.7. The monoisotopic (exact) mass is 348 g/mol. The molecular formula is C16H11ClF2N4O. The van der Waals surface area contributed by atoms with Gasteiger partial charge in [0, 0.05) is 6.54 Å². The molecule has 1 amide bonds. The van der Waals surface area contributed by atoms with E-state index in [1.54, 1.807) is 0 Å². The molecule has 0 radical (unpaired) electrons. The van der Waals surface area contributed by atoms with Crippen LogP contribution in [0.2, 0.25) is 5.02 Å². The van der Waals surface area contributed by atoms with Crippen molar-refractivity contribution in [3.63, 3.8) is 0 Å². The van der Waals surface area contributed by atoms with E-state index in [9.17, 15) is 13.6 Å². The minimum absolute atomic E-state index is 0.0316. The highest BCUT2D eigenvalue weighted by Gasteiger charge is 2.35. The Kier molecular flexibility index (Phi) is 4.32. The SMILES string of the molecule is N#Cc1nc(NC2CCN(c3c(F)cccc3F)C2=O)ccc1Cl. The molecule has 1 aliphatic heterocycles. The van der Waals surface area contributed by atoms with E-state index in [0.717, 1.165) is 17.0 Å². The van der Waals surface area contributed by atoms with Crippen LogP contribution in [0.1, 0.15) is 12.1 Å². The molecule has 1 atom stereocenters. The summed E-state index contributed by atoms with van der Waals surface area (Å²) in [6, 6.07) is 7.62. The van der Waals surface area contributed by atoms with Crippen LogP contribution >= 0.6 is 11.6 Å². The highest BCUT2D eigenvalue weighted by molar-refractivity contribution is 6.31. The molecule has 1 N–H and O–H groups in total. The largest absolute Gasteiger partial charge is 0.358 e. The number of pyridine rings is 1. The lowest BCUT2D eigenvalue weighted by Gasteiger charge is -2.18. The Labute approximate surface area is 141 Å². The van der Waals surface area contributed by atoms with Crippen LogP contribution in [-0.4, -0.2) is 23.5 Å². The molecule has 0 saturated carbocycles. The van der Waals surface area contributed by atoms with Gasteiger partial charge in [-0.05, 0) is 30.7 Å². The van der Waals surface area contributed by atoms with Crippen LogP contribution in [0, 0.1) is 23.0 Å². The maximum atomic E-state index is 13.9. The number of halogens is 3. The number of amides is 1. The molecule has 1 unspecified atom stereocenters. The van der Waals surface area contributed by atoms with Crippen molar-refractivity contribution < 1.29 is 13.6 Å². The maximum absolute atomic E-state index is 13.9. The van der Waals surface area contributed by atoms with Gasteiger partial charge in [0.05, 0.1) is 5.02 Å². The molecule has 1 aromatic heterocycles. The number of hydrogen-bond donors (Lipinski definition) is 1. The number of para-hydroxylation sites is 1. The molecule has 2 aromatic rings. The first kappa shape index (κ1) is 16.1. The van der Waals surface area contributed by atoms with Gasteiger partial charge in [0.15, 0.2) is 5.69 Å². The van der Waals surface area contributed by atoms with Gasteiger partial charge in [0.2, 0.25) is 5.91 Å². The highest BCUT2D eigenvalue weighted by Crippen LogP contribution is 2.28. The maximum Gasteiger partial charge on any atom is 0.249 e. The average Bonchev–Trinajstić information content (AvgIpc) is 2.90. The lowest BCUT2D eigenvalue weighted by Crippen LogP contribution is -2.34. The second-order valence-corrected chi connectivity index (χ2v) is 5.59. The number of nitrogens with zero attached hydrogens (tertiary/aromatic N) is 3. The van der Waals surface area contributed by atoms with Gasteiger partial charge in [-0.2, -0.15) is 5.26 Å². The smallest absolute Gasteiger partial charge is 0.249 e. The quantitative estimate of drug-likeness (QED) is 0.925. The van der Waals surface area contributed by atoms with Crippen molar-refractivity contribution >= 4 is 29.0 Å². The van der Waals surface area contributed by atoms with E-state index < -0.39 is 23.6 Å². The van der Waals surface area contributed by atoms with E-state index in [2.05, 4.69) is 10.3 Å². The van der Waals surface area contributed by atoms with Gasteiger partial charge in [-0.1, -0.05) is 17.7 Å². The van der Waals surface area contributed by atoms with Gasteiger partial charge >= 0.3 is 0 Å². The predicted octanol–water partition coefficient (Wildman–Crippen LogP) is 3.10. The van der Waals surface area contributed by atoms with Crippen molar-refractivity contribution in [1.29, 1.82) is 5.26 Å². The number of nitriles is 1. The number of aromatic nitrogens is 1. The molecule has 1 aliphatic rings. The van der Waals surface area contributed by atoms with Crippen molar-refractivity contribution in [2.75, 3.05) is 16.8 Å². The Bertz CT molecular complexity index is 832. The van der Waals surface area contributed by atoms with Gasteiger partial charge < -0.3 is 10.2 Å². The van der Waals surface area contributed by atoms with E-state index in [4.69, 9.17) is 16.9 Å². The molecule has 2 heterocycles. The lowest BCUT2D eigenvalue weighted by molar-refractivity contribution is -0.117. The lowest BCUT2D eigenvalue weighted by atomic mass is 10.2. The number of rotatable bonds is 3. The summed E-state index contributed by atoms with van der Waals surface area (Å²) in [6.07, 6.45) is 0.346. The summed E-state index contributed by atoms with van der Waals surface area (Å²) in [5.74, 6) is -1.75. The molecule has 0 bridgehead atoms. The zero-order chi connectivity index (χ0) is 17.3. The molecule has 0 aliphatic carbocycles. The predicted molar refractivity (Wildman–Crippen MR) is 84.7 cm³/mol. The molecule has 0 spiro atoms. The average molecular weight is 349 g/mol. The molecule has 1 saturated heterocycles. The van der Waals surface area contributed by atoms with Crippen molar-refractivity contribution in [1.82, 2.24) is 4.98 Å². The molecule has 1 aromatic carbocycles. The van der Waals surface area contributed by atoms with E-state index >= 15 is 0 Å². The van der Waals surface area contributed by atoms with Crippen LogP contribution in [-0.2, 0) is 4.79 Å². The fourth-order valence-corrected chi connectivity index (χ4v) is 2.71. The van der Waals surface area contributed by atoms with E-state index in [-0.39, 0.29) is 22.9 Å². The van der Waals surface area contributed by atoms with Crippen molar-refractivity contribution in [3.8, 4) is 6.07 Å². The third-order valence-corrected chi connectivity index (χ3v) is 3.99. The second-order valence-electron chi connectivity index (χ2n) is 5.18. The Morgan fingerprint density at radius 2 is 2.00 bits per heavy atom. The zero-order valence-electron chi connectivity index (χ0n) is 12.3. The number of carbonyl (C=O) groups is 1. The summed E-state index contributed by atoms with van der Waals surface area (Å²) in [7, 11) is 0. The van der Waals surface area contributed by atoms with E-state index in [1.165, 1.54) is 18.2 Å². The third-order valence-electron chi connectivity index (χ3n) is 3.69. The first-order valence-electron chi connectivity index (χ1n) is 7.10. The number of anilines is 2. The Morgan fingerprint density at radius 1 is 1.29 bits per heavy atom. The number of benzene rings is 1. The molecular weight excluding hydrogens is 338 g/mol. The first-order chi connectivity index (χ1) is 11.5. The van der Waals surface area contributed by atoms with Crippen LogP contribution in [0.3, 0.4) is 0 Å². The van der Waals surface area contributed by atoms with Crippen LogP contribution in [0.5, 0.6) is 0 Å². The minimum Gasteiger partial charge on any atom is -0.358 e. The fourth-order valence-electron chi connectivity index (χ4n) is 2.56. The summed E-state index contributed by atoms with van der Waals surface area (Å²) >= 11 is 5.81. The van der Waals surface area contributed by atoms with Crippen LogP contribution < -0.4 is 10.2 Å². The van der Waals surface area contributed by atoms with E-state index in [1.807, 2.05) is 6.07 Å². The van der Waals surface area contributed by atoms with Gasteiger partial charge in [0.1, 0.15) is 35.3 Å². The number of carbonyl (C=O) groups excluding carboxylic acids is 1. The fraction of sp³-hybridized carbons (Fsp3) is 0.188. The van der Waals surface area contributed by atoms with Crippen molar-refractivity contribution in [2.45, 2.75) is 12.5 Å². The Hall–Kier alpha value is -2.72. The highest BCUT2D eigenvalue weighted by atomic mass is 35.5. The molecule has 3 rings (SSSR count). The Morgan fingerprint density at radius 3 is 2.67 bits per heavy atom. The van der Waals surface area contributed by atoms with Gasteiger partial charge in [0.25, 0.3) is 0 Å². The first-order valence-corrected chi connectivity index (χ1v) is 7.47. The number of hydrogen-bond acceptors (Lipinski definition) is 4. The van der Waals surface area contributed by atoms with Crippen LogP contribution in [0.15, 0.2) is 30.3 Å². The van der Waals surface area contributed by atoms with Crippen molar-refractivity contribution in [3.05, 3.63) is 52.7 Å². The second kappa shape index (κ2) is 6.42. The van der Waals surface area contributed by atoms with Crippen LogP contribution in [0.4, 0.5) is 20.3 Å². The van der Waals surface area contributed by atoms with E-state index in [0.29, 0.717) is 12.2 Å². The summed E-state index contributed by atoms with van der Waals surface area (Å²) in [5, 5.41) is 12.0. The normalized spacial score (nSPS) is 17.0. The summed E-state index contributed by atoms with van der Waals surface area (Å²) in [4.78, 5) is 17.5. The van der Waals surface area contributed by atoms with Crippen molar-refractivity contribution in [2.24, 2.45) is 0 Å². The third kappa shape index (κ3) is 2.88. The van der Waals surface area contributed by atoms with Crippen LogP contribution in [0.25, 0.3) is 0 Å². The van der Waals surface area contributed by atoms with Gasteiger partial charge in [-0.15, -0.1) is 0 Å². The topological polar surface area (TPSA) is 69.0 Å². The number of nitrogens with one attached hydrogen (secondary N) is 1. The Balaban J connectivity index is 1.81. The molecule has 1 fully saturated rings. The minimum atomic E-state index is -0.791. The molecule has 8 heteroatoms. The standard InChI is InChI=1S/C16H11ClF2N4O/c17-9-4-5-14(22-13(9)8-20)21-12-6-7-23(16(12)24)15-10(18)2-1-3-11(15)19/h1-5,12H,6-7H2,(H,21,22). The van der Waals surface area contributed by atoms with Gasteiger partial charge in [-0.3, -0.25) is 4.79 Å². The van der Waals surface area contributed by atoms with Gasteiger partial charge in [-0.25, -0.2) is 13.8 Å². The molecule has 122 valence electrons. The molecule has 5 nitrogen and oxygen atoms in total. The molecule has 24 heavy (non-hydrogen) atoms. The zero-order valence-corrected chi connectivity index (χ0v) is 13.0. The summed E-state index contributed by atoms with van der Waals surface area (Å²) in [5.41, 5.74) is -0.322.